The van der Waals surface area contributed by atoms with Gasteiger partial charge in [0, 0.05) is 15.9 Å². The van der Waals surface area contributed by atoms with Crippen LogP contribution in [0, 0.1) is 0 Å². The van der Waals surface area contributed by atoms with Crippen LogP contribution < -0.4 is 10.5 Å². The minimum absolute atomic E-state index is 0.589. The van der Waals surface area contributed by atoms with Gasteiger partial charge in [0.05, 0.1) is 29.0 Å². The maximum Gasteiger partial charge on any atom is 0.213 e. The van der Waals surface area contributed by atoms with Crippen LogP contribution in [0.4, 0.5) is 0 Å². The molecular weight excluding hydrogens is 390 g/mol. The predicted molar refractivity (Wildman–Crippen MR) is 103 cm³/mol. The fourth-order valence-corrected chi connectivity index (χ4v) is 3.72. The Morgan fingerprint density at radius 3 is 2.88 bits per heavy atom. The number of halogens is 2. The number of nitrogens with one attached hydrogen (secondary N) is 1. The topological polar surface area (TPSA) is 63.9 Å². The molecule has 0 aliphatic rings. The lowest BCUT2D eigenvalue weighted by Crippen LogP contribution is -1.99. The normalized spacial score (nSPS) is 11.2. The van der Waals surface area contributed by atoms with Crippen molar-refractivity contribution in [2.24, 2.45) is 5.73 Å². The van der Waals surface area contributed by atoms with Gasteiger partial charge in [-0.15, -0.1) is 0 Å². The van der Waals surface area contributed by atoms with Crippen LogP contribution in [0.1, 0.15) is 18.4 Å². The molecule has 3 aromatic rings. The maximum absolute atomic E-state index is 6.43. The van der Waals surface area contributed by atoms with Crippen LogP contribution >= 0.6 is 27.5 Å². The number of H-pyrrole nitrogens is 1. The molecule has 0 saturated heterocycles. The molecule has 0 aliphatic carbocycles. The lowest BCUT2D eigenvalue weighted by Gasteiger charge is -2.06. The van der Waals surface area contributed by atoms with E-state index in [2.05, 4.69) is 32.0 Å². The second-order valence-corrected chi connectivity index (χ2v) is 6.92. The molecule has 0 aliphatic heterocycles. The van der Waals surface area contributed by atoms with Crippen molar-refractivity contribution in [3.63, 3.8) is 0 Å². The molecule has 0 bridgehead atoms. The summed E-state index contributed by atoms with van der Waals surface area (Å²) in [7, 11) is 1.62. The lowest BCUT2D eigenvalue weighted by atomic mass is 10.0. The van der Waals surface area contributed by atoms with Gasteiger partial charge in [0.25, 0.3) is 0 Å². The third kappa shape index (κ3) is 3.43. The van der Waals surface area contributed by atoms with Crippen molar-refractivity contribution in [1.29, 1.82) is 0 Å². The Morgan fingerprint density at radius 2 is 2.12 bits per heavy atom. The lowest BCUT2D eigenvalue weighted by molar-refractivity contribution is 0.398. The van der Waals surface area contributed by atoms with E-state index in [4.69, 9.17) is 22.1 Å². The van der Waals surface area contributed by atoms with Gasteiger partial charge in [-0.2, -0.15) is 0 Å². The molecule has 4 nitrogen and oxygen atoms in total. The van der Waals surface area contributed by atoms with Crippen molar-refractivity contribution < 1.29 is 4.74 Å². The Kier molecular flexibility index (Phi) is 5.43. The van der Waals surface area contributed by atoms with E-state index in [1.165, 1.54) is 5.56 Å². The minimum Gasteiger partial charge on any atom is -0.481 e. The Balaban J connectivity index is 2.17. The number of pyridine rings is 1. The first-order valence-corrected chi connectivity index (χ1v) is 9.02. The van der Waals surface area contributed by atoms with Gasteiger partial charge in [0.15, 0.2) is 0 Å². The summed E-state index contributed by atoms with van der Waals surface area (Å²) in [5, 5.41) is 1.81. The zero-order chi connectivity index (χ0) is 17.1. The molecule has 6 heteroatoms. The monoisotopic (exact) mass is 407 g/mol. The van der Waals surface area contributed by atoms with Crippen LogP contribution in [-0.2, 0) is 6.42 Å². The van der Waals surface area contributed by atoms with Gasteiger partial charge >= 0.3 is 0 Å². The van der Waals surface area contributed by atoms with Crippen LogP contribution in [-0.4, -0.2) is 23.6 Å². The van der Waals surface area contributed by atoms with Gasteiger partial charge in [0.2, 0.25) is 5.88 Å². The molecule has 2 heterocycles. The van der Waals surface area contributed by atoms with Crippen LogP contribution in [0.15, 0.2) is 34.8 Å². The van der Waals surface area contributed by atoms with E-state index >= 15 is 0 Å². The highest BCUT2D eigenvalue weighted by molar-refractivity contribution is 9.10. The molecule has 24 heavy (non-hydrogen) atoms. The first kappa shape index (κ1) is 17.3. The number of nitrogens with two attached hydrogens (primary N) is 1. The van der Waals surface area contributed by atoms with Gasteiger partial charge in [-0.05, 0) is 49.6 Å². The van der Waals surface area contributed by atoms with E-state index in [-0.39, 0.29) is 0 Å². The van der Waals surface area contributed by atoms with Gasteiger partial charge in [-0.25, -0.2) is 4.98 Å². The van der Waals surface area contributed by atoms with Crippen molar-refractivity contribution in [1.82, 2.24) is 9.97 Å². The number of aromatic amines is 1. The van der Waals surface area contributed by atoms with Gasteiger partial charge < -0.3 is 15.5 Å². The van der Waals surface area contributed by atoms with Gasteiger partial charge in [-0.1, -0.05) is 33.6 Å². The third-order valence-corrected chi connectivity index (χ3v) is 4.76. The number of aromatic nitrogens is 2. The minimum atomic E-state index is 0.589. The first-order valence-electron chi connectivity index (χ1n) is 7.85. The summed E-state index contributed by atoms with van der Waals surface area (Å²) in [6.07, 6.45) is 2.92. The van der Waals surface area contributed by atoms with E-state index < -0.39 is 0 Å². The summed E-state index contributed by atoms with van der Waals surface area (Å²) in [6, 6.07) is 9.74. The Labute approximate surface area is 154 Å². The molecule has 1 aromatic carbocycles. The van der Waals surface area contributed by atoms with Gasteiger partial charge in [-0.3, -0.25) is 0 Å². The fraction of sp³-hybridized carbons (Fsp3) is 0.278. The van der Waals surface area contributed by atoms with Crippen molar-refractivity contribution in [3.8, 4) is 17.3 Å². The highest BCUT2D eigenvalue weighted by Crippen LogP contribution is 2.36. The van der Waals surface area contributed by atoms with Crippen LogP contribution in [0.2, 0.25) is 5.02 Å². The van der Waals surface area contributed by atoms with E-state index in [0.717, 1.165) is 46.0 Å². The summed E-state index contributed by atoms with van der Waals surface area (Å²) >= 11 is 9.96. The third-order valence-electron chi connectivity index (χ3n) is 4.00. The Hall–Kier alpha value is -1.56. The first-order chi connectivity index (χ1) is 11.6. The van der Waals surface area contributed by atoms with Crippen LogP contribution in [0.5, 0.6) is 5.88 Å². The number of nitrogens with zero attached hydrogens (tertiary/aromatic N) is 1. The fourth-order valence-electron chi connectivity index (χ4n) is 2.87. The van der Waals surface area contributed by atoms with Crippen molar-refractivity contribution in [3.05, 3.63) is 45.4 Å². The molecule has 0 unspecified atom stereocenters. The van der Waals surface area contributed by atoms with Crippen molar-refractivity contribution in [2.45, 2.75) is 19.3 Å². The summed E-state index contributed by atoms with van der Waals surface area (Å²) in [4.78, 5) is 8.02. The van der Waals surface area contributed by atoms with E-state index in [0.29, 0.717) is 17.4 Å². The second-order valence-electron chi connectivity index (χ2n) is 5.60. The molecule has 3 N–H and O–H groups in total. The molecule has 0 amide bonds. The van der Waals surface area contributed by atoms with Crippen LogP contribution in [0.3, 0.4) is 0 Å². The molecule has 0 fully saturated rings. The zero-order valence-electron chi connectivity index (χ0n) is 13.4. The average molecular weight is 409 g/mol. The Morgan fingerprint density at radius 1 is 1.29 bits per heavy atom. The van der Waals surface area contributed by atoms with Gasteiger partial charge in [0.1, 0.15) is 0 Å². The number of benzene rings is 1. The number of methoxy groups -OCH3 is 1. The van der Waals surface area contributed by atoms with Crippen molar-refractivity contribution >= 4 is 38.4 Å². The molecule has 2 aromatic heterocycles. The molecule has 126 valence electrons. The molecule has 0 atom stereocenters. The number of unbranched alkanes of at least 4 members (excludes halogenated alkanes) is 1. The smallest absolute Gasteiger partial charge is 0.213 e. The predicted octanol–water partition coefficient (Wildman–Crippen LogP) is 4.94. The van der Waals surface area contributed by atoms with Crippen LogP contribution in [0.25, 0.3) is 22.3 Å². The van der Waals surface area contributed by atoms with E-state index in [1.54, 1.807) is 7.11 Å². The Bertz CT molecular complexity index is 863. The number of aryl methyl sites for hydroxylation is 1. The number of fused-ring (bicyclic) bond motifs is 1. The zero-order valence-corrected chi connectivity index (χ0v) is 15.7. The standard InChI is InChI=1S/C18H19BrClN3O/c1-24-16-7-4-6-15(22-16)18-12(5-2-3-8-21)13-9-11(19)10-14(20)17(13)23-18/h4,6-7,9-10,23H,2-3,5,8,21H2,1H3. The summed E-state index contributed by atoms with van der Waals surface area (Å²) in [5.74, 6) is 0.589. The molecular formula is C18H19BrClN3O. The van der Waals surface area contributed by atoms with Crippen molar-refractivity contribution in [2.75, 3.05) is 13.7 Å². The van der Waals surface area contributed by atoms with E-state index in [9.17, 15) is 0 Å². The highest BCUT2D eigenvalue weighted by Gasteiger charge is 2.17. The van der Waals surface area contributed by atoms with E-state index in [1.807, 2.05) is 24.3 Å². The highest BCUT2D eigenvalue weighted by atomic mass is 79.9. The number of ether oxygens (including phenoxy) is 1. The molecule has 3 rings (SSSR count). The molecule has 0 saturated carbocycles. The maximum atomic E-state index is 6.43. The average Bonchev–Trinajstić information content (AvgIpc) is 2.94. The molecule has 0 spiro atoms. The number of hydrogen-bond acceptors (Lipinski definition) is 3. The number of hydrogen-bond donors (Lipinski definition) is 2. The second kappa shape index (κ2) is 7.55. The summed E-state index contributed by atoms with van der Waals surface area (Å²) < 4.78 is 6.22. The largest absolute Gasteiger partial charge is 0.481 e. The quantitative estimate of drug-likeness (QED) is 0.568. The molecule has 0 radical (unpaired) electrons. The SMILES string of the molecule is COc1cccc(-c2[nH]c3c(Cl)cc(Br)cc3c2CCCCN)n1. The number of rotatable bonds is 6. The summed E-state index contributed by atoms with van der Waals surface area (Å²) in [6.45, 7) is 0.694. The summed E-state index contributed by atoms with van der Waals surface area (Å²) in [5.41, 5.74) is 9.63.